The quantitative estimate of drug-likeness (QED) is 0.627. The molecular formula is C16H24O5. The van der Waals surface area contributed by atoms with E-state index in [0.717, 1.165) is 6.42 Å². The third kappa shape index (κ3) is 1.95. The first-order valence-corrected chi connectivity index (χ1v) is 7.54. The SMILES string of the molecule is CO[C@@H]1C(=O)CC[C@]2(CO2)[C@@]1(O)[C@]1(C)O[C@H]1CC=C(C)C. The van der Waals surface area contributed by atoms with Crippen LogP contribution in [0.1, 0.15) is 40.0 Å². The van der Waals surface area contributed by atoms with Crippen LogP contribution >= 0.6 is 0 Å². The number of Topliss-reactive ketones (excluding diaryl/α,β-unsaturated/α-hetero) is 1. The van der Waals surface area contributed by atoms with Crippen LogP contribution in [-0.2, 0) is 19.0 Å². The lowest BCUT2D eigenvalue weighted by molar-refractivity contribution is -0.193. The van der Waals surface area contributed by atoms with Crippen LogP contribution in [0.15, 0.2) is 11.6 Å². The first kappa shape index (κ1) is 15.2. The van der Waals surface area contributed by atoms with Crippen molar-refractivity contribution in [3.63, 3.8) is 0 Å². The van der Waals surface area contributed by atoms with Gasteiger partial charge in [-0.05, 0) is 33.6 Å². The summed E-state index contributed by atoms with van der Waals surface area (Å²) in [6.45, 7) is 6.39. The van der Waals surface area contributed by atoms with Crippen molar-refractivity contribution >= 4 is 5.78 Å². The Labute approximate surface area is 125 Å². The lowest BCUT2D eigenvalue weighted by Crippen LogP contribution is -2.69. The van der Waals surface area contributed by atoms with Gasteiger partial charge in [0.1, 0.15) is 17.3 Å². The third-order valence-corrected chi connectivity index (χ3v) is 5.31. The zero-order valence-electron chi connectivity index (χ0n) is 13.1. The maximum atomic E-state index is 12.2. The average molecular weight is 296 g/mol. The highest BCUT2D eigenvalue weighted by atomic mass is 16.7. The Morgan fingerprint density at radius 3 is 2.71 bits per heavy atom. The van der Waals surface area contributed by atoms with Crippen LogP contribution in [-0.4, -0.2) is 53.6 Å². The van der Waals surface area contributed by atoms with Crippen molar-refractivity contribution in [3.8, 4) is 0 Å². The average Bonchev–Trinajstić information content (AvgIpc) is 3.31. The van der Waals surface area contributed by atoms with E-state index in [4.69, 9.17) is 14.2 Å². The van der Waals surface area contributed by atoms with Crippen molar-refractivity contribution < 1.29 is 24.1 Å². The van der Waals surface area contributed by atoms with Gasteiger partial charge in [-0.2, -0.15) is 0 Å². The molecule has 5 nitrogen and oxygen atoms in total. The number of hydrogen-bond donors (Lipinski definition) is 1. The number of carbonyl (C=O) groups excluding carboxylic acids is 1. The highest BCUT2D eigenvalue weighted by Gasteiger charge is 2.81. The number of rotatable bonds is 4. The lowest BCUT2D eigenvalue weighted by atomic mass is 9.65. The van der Waals surface area contributed by atoms with Crippen molar-refractivity contribution in [2.45, 2.75) is 69.0 Å². The van der Waals surface area contributed by atoms with Gasteiger partial charge in [0.15, 0.2) is 11.4 Å². The number of ketones is 1. The van der Waals surface area contributed by atoms with Crippen LogP contribution in [0.5, 0.6) is 0 Å². The molecule has 0 amide bonds. The summed E-state index contributed by atoms with van der Waals surface area (Å²) in [5.41, 5.74) is -1.69. The zero-order chi connectivity index (χ0) is 15.5. The fourth-order valence-corrected chi connectivity index (χ4v) is 3.80. The summed E-state index contributed by atoms with van der Waals surface area (Å²) < 4.78 is 16.8. The largest absolute Gasteiger partial charge is 0.380 e. The Hall–Kier alpha value is -0.750. The second kappa shape index (κ2) is 4.62. The zero-order valence-corrected chi connectivity index (χ0v) is 13.1. The molecule has 3 rings (SSSR count). The van der Waals surface area contributed by atoms with Crippen molar-refractivity contribution in [1.82, 2.24) is 0 Å². The standard InChI is InChI=1S/C16H24O5/c1-10(2)5-6-12-14(3,21-12)16(18)13(19-4)11(17)7-8-15(16)9-20-15/h5,12-13,18H,6-9H2,1-4H3/t12-,13+,14+,15-,16-/m0/s1. The summed E-state index contributed by atoms with van der Waals surface area (Å²) in [5, 5.41) is 11.4. The van der Waals surface area contributed by atoms with Crippen LogP contribution in [0.25, 0.3) is 0 Å². The number of allylic oxidation sites excluding steroid dienone is 1. The summed E-state index contributed by atoms with van der Waals surface area (Å²) in [7, 11) is 1.46. The molecule has 3 aliphatic rings. The van der Waals surface area contributed by atoms with Crippen molar-refractivity contribution in [1.29, 1.82) is 0 Å². The molecule has 118 valence electrons. The van der Waals surface area contributed by atoms with Crippen LogP contribution in [0, 0.1) is 0 Å². The fourth-order valence-electron chi connectivity index (χ4n) is 3.80. The molecule has 0 unspecified atom stereocenters. The number of aliphatic hydroxyl groups is 1. The topological polar surface area (TPSA) is 71.6 Å². The lowest BCUT2D eigenvalue weighted by Gasteiger charge is -2.45. The molecule has 1 aliphatic carbocycles. The monoisotopic (exact) mass is 296 g/mol. The molecule has 2 aliphatic heterocycles. The van der Waals surface area contributed by atoms with Gasteiger partial charge in [-0.25, -0.2) is 0 Å². The smallest absolute Gasteiger partial charge is 0.164 e. The van der Waals surface area contributed by atoms with E-state index >= 15 is 0 Å². The highest BCUT2D eigenvalue weighted by molar-refractivity contribution is 5.87. The predicted octanol–water partition coefficient (Wildman–Crippen LogP) is 1.38. The summed E-state index contributed by atoms with van der Waals surface area (Å²) in [4.78, 5) is 12.2. The maximum absolute atomic E-state index is 12.2. The van der Waals surface area contributed by atoms with E-state index in [1.807, 2.05) is 20.8 Å². The third-order valence-electron chi connectivity index (χ3n) is 5.31. The van der Waals surface area contributed by atoms with E-state index in [-0.39, 0.29) is 11.9 Å². The van der Waals surface area contributed by atoms with Gasteiger partial charge in [-0.15, -0.1) is 0 Å². The summed E-state index contributed by atoms with van der Waals surface area (Å²) in [6, 6.07) is 0. The van der Waals surface area contributed by atoms with Crippen molar-refractivity contribution in [3.05, 3.63) is 11.6 Å². The van der Waals surface area contributed by atoms with Gasteiger partial charge in [-0.1, -0.05) is 11.6 Å². The second-order valence-corrected chi connectivity index (χ2v) is 6.86. The number of hydrogen-bond acceptors (Lipinski definition) is 5. The van der Waals surface area contributed by atoms with E-state index in [1.165, 1.54) is 12.7 Å². The molecule has 2 saturated heterocycles. The molecule has 5 atom stereocenters. The number of methoxy groups -OCH3 is 1. The molecule has 0 radical (unpaired) electrons. The second-order valence-electron chi connectivity index (χ2n) is 6.86. The first-order valence-electron chi connectivity index (χ1n) is 7.54. The van der Waals surface area contributed by atoms with E-state index in [9.17, 15) is 9.90 Å². The normalized spacial score (nSPS) is 48.3. The summed E-state index contributed by atoms with van der Waals surface area (Å²) in [6.07, 6.45) is 2.75. The predicted molar refractivity (Wildman–Crippen MR) is 76.0 cm³/mol. The van der Waals surface area contributed by atoms with E-state index in [2.05, 4.69) is 6.08 Å². The first-order chi connectivity index (χ1) is 9.81. The minimum Gasteiger partial charge on any atom is -0.380 e. The molecule has 5 heteroatoms. The van der Waals surface area contributed by atoms with Gasteiger partial charge in [0, 0.05) is 13.5 Å². The maximum Gasteiger partial charge on any atom is 0.164 e. The van der Waals surface area contributed by atoms with Crippen LogP contribution in [0.4, 0.5) is 0 Å². The molecule has 0 aromatic heterocycles. The molecule has 21 heavy (non-hydrogen) atoms. The van der Waals surface area contributed by atoms with Crippen LogP contribution in [0.3, 0.4) is 0 Å². The van der Waals surface area contributed by atoms with Gasteiger partial charge >= 0.3 is 0 Å². The molecule has 1 saturated carbocycles. The molecule has 0 aromatic rings. The molecular weight excluding hydrogens is 272 g/mol. The Balaban J connectivity index is 1.90. The van der Waals surface area contributed by atoms with E-state index in [1.54, 1.807) is 0 Å². The molecule has 2 heterocycles. The Bertz CT molecular complexity index is 491. The van der Waals surface area contributed by atoms with Gasteiger partial charge in [0.2, 0.25) is 0 Å². The van der Waals surface area contributed by atoms with Crippen molar-refractivity contribution in [2.24, 2.45) is 0 Å². The van der Waals surface area contributed by atoms with Gasteiger partial charge in [0.05, 0.1) is 12.7 Å². The van der Waals surface area contributed by atoms with Crippen LogP contribution < -0.4 is 0 Å². The summed E-state index contributed by atoms with van der Waals surface area (Å²) in [5.74, 6) is -0.0705. The molecule has 3 fully saturated rings. The van der Waals surface area contributed by atoms with Crippen LogP contribution in [0.2, 0.25) is 0 Å². The Kier molecular flexibility index (Phi) is 3.34. The number of ether oxygens (including phenoxy) is 3. The van der Waals surface area contributed by atoms with Gasteiger partial charge < -0.3 is 19.3 Å². The molecule has 1 N–H and O–H groups in total. The van der Waals surface area contributed by atoms with E-state index in [0.29, 0.717) is 19.4 Å². The molecule has 0 bridgehead atoms. The van der Waals surface area contributed by atoms with Crippen molar-refractivity contribution in [2.75, 3.05) is 13.7 Å². The van der Waals surface area contributed by atoms with Gasteiger partial charge in [-0.3, -0.25) is 4.79 Å². The minimum atomic E-state index is -1.41. The number of epoxide rings is 2. The Morgan fingerprint density at radius 2 is 2.19 bits per heavy atom. The van der Waals surface area contributed by atoms with E-state index < -0.39 is 22.9 Å². The molecule has 0 aromatic carbocycles. The summed E-state index contributed by atoms with van der Waals surface area (Å²) >= 11 is 0. The number of carbonyl (C=O) groups is 1. The Morgan fingerprint density at radius 1 is 1.52 bits per heavy atom. The van der Waals surface area contributed by atoms with Gasteiger partial charge in [0.25, 0.3) is 0 Å². The fraction of sp³-hybridized carbons (Fsp3) is 0.812. The minimum absolute atomic E-state index is 0.0705. The molecule has 1 spiro atoms. The highest BCUT2D eigenvalue weighted by Crippen LogP contribution is 2.61.